The van der Waals surface area contributed by atoms with Crippen molar-refractivity contribution in [2.75, 3.05) is 11.5 Å². The van der Waals surface area contributed by atoms with Crippen LogP contribution in [0.1, 0.15) is 24.1 Å². The molecule has 3 aromatic carbocycles. The van der Waals surface area contributed by atoms with E-state index in [0.29, 0.717) is 34.2 Å². The van der Waals surface area contributed by atoms with E-state index in [9.17, 15) is 14.7 Å². The molecule has 1 aliphatic heterocycles. The van der Waals surface area contributed by atoms with Crippen LogP contribution in [0.3, 0.4) is 0 Å². The topological polar surface area (TPSA) is 66.8 Å². The van der Waals surface area contributed by atoms with Crippen molar-refractivity contribution < 1.29 is 19.4 Å². The minimum atomic E-state index is -0.811. The number of anilines is 1. The van der Waals surface area contributed by atoms with Gasteiger partial charge in [0.2, 0.25) is 0 Å². The number of rotatable bonds is 5. The zero-order valence-corrected chi connectivity index (χ0v) is 17.5. The van der Waals surface area contributed by atoms with Crippen molar-refractivity contribution >= 4 is 34.7 Å². The summed E-state index contributed by atoms with van der Waals surface area (Å²) in [6, 6.07) is 21.8. The van der Waals surface area contributed by atoms with Gasteiger partial charge in [0.1, 0.15) is 11.5 Å². The van der Waals surface area contributed by atoms with Gasteiger partial charge in [0.15, 0.2) is 0 Å². The number of amides is 1. The molecule has 1 saturated heterocycles. The highest BCUT2D eigenvalue weighted by Gasteiger charge is 2.47. The Bertz CT molecular complexity index is 1160. The summed E-state index contributed by atoms with van der Waals surface area (Å²) in [5.41, 5.74) is 1.64. The number of Topliss-reactive ketones (excluding diaryl/α,β-unsaturated/α-hetero) is 1. The first-order valence-corrected chi connectivity index (χ1v) is 10.2. The highest BCUT2D eigenvalue weighted by molar-refractivity contribution is 6.51. The largest absolute Gasteiger partial charge is 0.507 e. The maximum absolute atomic E-state index is 13.1. The summed E-state index contributed by atoms with van der Waals surface area (Å²) < 4.78 is 5.57. The molecule has 4 rings (SSSR count). The van der Waals surface area contributed by atoms with Crippen molar-refractivity contribution in [2.24, 2.45) is 0 Å². The van der Waals surface area contributed by atoms with Gasteiger partial charge in [-0.25, -0.2) is 0 Å². The third kappa shape index (κ3) is 3.92. The monoisotopic (exact) mass is 433 g/mol. The lowest BCUT2D eigenvalue weighted by atomic mass is 9.95. The average Bonchev–Trinajstić information content (AvgIpc) is 3.05. The molecule has 1 amide bonds. The van der Waals surface area contributed by atoms with Crippen LogP contribution in [0, 0.1) is 0 Å². The van der Waals surface area contributed by atoms with E-state index in [1.807, 2.05) is 13.0 Å². The van der Waals surface area contributed by atoms with Gasteiger partial charge in [0, 0.05) is 22.3 Å². The van der Waals surface area contributed by atoms with Crippen molar-refractivity contribution in [3.63, 3.8) is 0 Å². The fourth-order valence-corrected chi connectivity index (χ4v) is 3.83. The molecule has 0 spiro atoms. The van der Waals surface area contributed by atoms with E-state index in [-0.39, 0.29) is 11.3 Å². The van der Waals surface area contributed by atoms with Crippen molar-refractivity contribution in [1.29, 1.82) is 0 Å². The molecule has 1 atom stereocenters. The summed E-state index contributed by atoms with van der Waals surface area (Å²) in [6.45, 7) is 2.34. The first-order valence-electron chi connectivity index (χ1n) is 9.86. The summed E-state index contributed by atoms with van der Waals surface area (Å²) in [7, 11) is 0. The van der Waals surface area contributed by atoms with Crippen LogP contribution < -0.4 is 9.64 Å². The first-order chi connectivity index (χ1) is 15.0. The minimum absolute atomic E-state index is 0.0281. The molecule has 1 heterocycles. The number of hydrogen-bond acceptors (Lipinski definition) is 4. The Labute approximate surface area is 185 Å². The lowest BCUT2D eigenvalue weighted by Crippen LogP contribution is -2.29. The van der Waals surface area contributed by atoms with Crippen LogP contribution in [0.4, 0.5) is 5.69 Å². The average molecular weight is 434 g/mol. The molecule has 0 aliphatic carbocycles. The van der Waals surface area contributed by atoms with Crippen LogP contribution in [0.25, 0.3) is 5.76 Å². The quantitative estimate of drug-likeness (QED) is 0.334. The number of benzene rings is 3. The van der Waals surface area contributed by atoms with Gasteiger partial charge >= 0.3 is 0 Å². The Morgan fingerprint density at radius 3 is 2.39 bits per heavy atom. The fraction of sp³-hybridized carbons (Fsp3) is 0.120. The number of nitrogens with zero attached hydrogens (tertiary/aromatic N) is 1. The smallest absolute Gasteiger partial charge is 0.300 e. The highest BCUT2D eigenvalue weighted by Crippen LogP contribution is 2.42. The predicted octanol–water partition coefficient (Wildman–Crippen LogP) is 5.37. The Morgan fingerprint density at radius 2 is 1.71 bits per heavy atom. The molecular weight excluding hydrogens is 414 g/mol. The summed E-state index contributed by atoms with van der Waals surface area (Å²) in [5, 5.41) is 11.6. The molecule has 0 aromatic heterocycles. The molecule has 6 heteroatoms. The van der Waals surface area contributed by atoms with Crippen LogP contribution >= 0.6 is 11.6 Å². The van der Waals surface area contributed by atoms with Gasteiger partial charge in [0.25, 0.3) is 11.7 Å². The van der Waals surface area contributed by atoms with Gasteiger partial charge in [-0.15, -0.1) is 0 Å². The number of hydrogen-bond donors (Lipinski definition) is 1. The number of ether oxygens (including phenoxy) is 1. The van der Waals surface area contributed by atoms with Crippen molar-refractivity contribution in [1.82, 2.24) is 0 Å². The number of aliphatic hydroxyl groups is 1. The van der Waals surface area contributed by atoms with E-state index in [0.717, 1.165) is 0 Å². The molecule has 3 aromatic rings. The van der Waals surface area contributed by atoms with E-state index in [2.05, 4.69) is 0 Å². The van der Waals surface area contributed by atoms with Crippen LogP contribution in [0.5, 0.6) is 5.75 Å². The molecule has 0 bridgehead atoms. The van der Waals surface area contributed by atoms with Crippen LogP contribution in [-0.2, 0) is 9.59 Å². The molecule has 1 aliphatic rings. The SMILES string of the molecule is CCOc1cccc(N2C(=O)C(=O)/C(=C(/O)c3ccccc3)C2c2ccc(Cl)cc2)c1. The zero-order chi connectivity index (χ0) is 22.0. The molecule has 1 unspecified atom stereocenters. The summed E-state index contributed by atoms with van der Waals surface area (Å²) in [5.74, 6) is -1.10. The maximum atomic E-state index is 13.1. The van der Waals surface area contributed by atoms with Crippen LogP contribution in [0.2, 0.25) is 5.02 Å². The molecule has 156 valence electrons. The normalized spacial score (nSPS) is 17.7. The van der Waals surface area contributed by atoms with Gasteiger partial charge in [-0.2, -0.15) is 0 Å². The number of ketones is 1. The van der Waals surface area contributed by atoms with Gasteiger partial charge in [0.05, 0.1) is 18.2 Å². The standard InChI is InChI=1S/C25H20ClNO4/c1-2-31-20-10-6-9-19(15-20)27-22(16-11-13-18(26)14-12-16)21(24(29)25(27)30)23(28)17-7-4-3-5-8-17/h3-15,22,28H,2H2,1H3/b23-21+. The van der Waals surface area contributed by atoms with Crippen LogP contribution in [-0.4, -0.2) is 23.4 Å². The maximum Gasteiger partial charge on any atom is 0.300 e. The van der Waals surface area contributed by atoms with E-state index in [1.54, 1.807) is 72.8 Å². The zero-order valence-electron chi connectivity index (χ0n) is 16.8. The first kappa shape index (κ1) is 20.7. The minimum Gasteiger partial charge on any atom is -0.507 e. The summed E-state index contributed by atoms with van der Waals surface area (Å²) in [4.78, 5) is 27.6. The van der Waals surface area contributed by atoms with E-state index in [4.69, 9.17) is 16.3 Å². The van der Waals surface area contributed by atoms with Gasteiger partial charge in [-0.05, 0) is 36.8 Å². The molecule has 0 saturated carbocycles. The second kappa shape index (κ2) is 8.66. The second-order valence-corrected chi connectivity index (χ2v) is 7.45. The van der Waals surface area contributed by atoms with E-state index < -0.39 is 17.7 Å². The second-order valence-electron chi connectivity index (χ2n) is 7.02. The van der Waals surface area contributed by atoms with Crippen LogP contribution in [0.15, 0.2) is 84.4 Å². The van der Waals surface area contributed by atoms with Gasteiger partial charge < -0.3 is 9.84 Å². The molecule has 31 heavy (non-hydrogen) atoms. The molecule has 0 radical (unpaired) electrons. The number of aliphatic hydroxyl groups excluding tert-OH is 1. The predicted molar refractivity (Wildman–Crippen MR) is 120 cm³/mol. The molecule has 1 fully saturated rings. The third-order valence-corrected chi connectivity index (χ3v) is 5.34. The lowest BCUT2D eigenvalue weighted by molar-refractivity contribution is -0.132. The summed E-state index contributed by atoms with van der Waals surface area (Å²) in [6.07, 6.45) is 0. The third-order valence-electron chi connectivity index (χ3n) is 5.08. The lowest BCUT2D eigenvalue weighted by Gasteiger charge is -2.26. The fourth-order valence-electron chi connectivity index (χ4n) is 3.70. The van der Waals surface area contributed by atoms with Gasteiger partial charge in [-0.3, -0.25) is 14.5 Å². The Hall–Kier alpha value is -3.57. The van der Waals surface area contributed by atoms with Gasteiger partial charge in [-0.1, -0.05) is 60.1 Å². The van der Waals surface area contributed by atoms with Crippen molar-refractivity contribution in [3.05, 3.63) is 101 Å². The Morgan fingerprint density at radius 1 is 1.00 bits per heavy atom. The van der Waals surface area contributed by atoms with E-state index >= 15 is 0 Å². The Balaban J connectivity index is 1.92. The molecular formula is C25H20ClNO4. The van der Waals surface area contributed by atoms with E-state index in [1.165, 1.54) is 4.90 Å². The Kier molecular flexibility index (Phi) is 5.78. The number of halogens is 1. The molecule has 5 nitrogen and oxygen atoms in total. The molecule has 1 N–H and O–H groups in total. The number of carbonyl (C=O) groups is 2. The highest BCUT2D eigenvalue weighted by atomic mass is 35.5. The summed E-state index contributed by atoms with van der Waals surface area (Å²) >= 11 is 6.05. The van der Waals surface area contributed by atoms with Crippen molar-refractivity contribution in [2.45, 2.75) is 13.0 Å². The van der Waals surface area contributed by atoms with Crippen molar-refractivity contribution in [3.8, 4) is 5.75 Å². The number of carbonyl (C=O) groups excluding carboxylic acids is 2.